The lowest BCUT2D eigenvalue weighted by Crippen LogP contribution is -2.54. The zero-order valence-corrected chi connectivity index (χ0v) is 9.56. The Morgan fingerprint density at radius 1 is 1.56 bits per heavy atom. The second-order valence-electron chi connectivity index (χ2n) is 5.23. The van der Waals surface area contributed by atoms with Crippen LogP contribution in [0.15, 0.2) is 11.8 Å². The normalized spacial score (nSPS) is 31.1. The minimum Gasteiger partial charge on any atom is -0.479 e. The van der Waals surface area contributed by atoms with Gasteiger partial charge in [-0.15, -0.1) is 0 Å². The predicted molar refractivity (Wildman–Crippen MR) is 55.3 cm³/mol. The molecular formula is C11H15NO4. The van der Waals surface area contributed by atoms with Gasteiger partial charge in [-0.1, -0.05) is 20.8 Å². The first kappa shape index (κ1) is 11.0. The van der Waals surface area contributed by atoms with Gasteiger partial charge < -0.3 is 9.84 Å². The highest BCUT2D eigenvalue weighted by atomic mass is 16.5. The fourth-order valence-corrected chi connectivity index (χ4v) is 1.95. The third-order valence-corrected chi connectivity index (χ3v) is 2.58. The van der Waals surface area contributed by atoms with E-state index in [0.29, 0.717) is 5.76 Å². The Morgan fingerprint density at radius 3 is 2.62 bits per heavy atom. The van der Waals surface area contributed by atoms with E-state index in [9.17, 15) is 9.59 Å². The van der Waals surface area contributed by atoms with Crippen LogP contribution in [0.1, 0.15) is 27.2 Å². The number of aliphatic carboxylic acids is 1. The standard InChI is InChI=1S/C11H15NO4/c1-11(2,3)5-6-9(10(14)15)12-7(13)4-8(12)16-6/h5,8-9H,4H2,1-3H3,(H,14,15)/b6-5-. The van der Waals surface area contributed by atoms with Gasteiger partial charge in [-0.2, -0.15) is 0 Å². The van der Waals surface area contributed by atoms with Gasteiger partial charge in [-0.25, -0.2) is 4.79 Å². The van der Waals surface area contributed by atoms with E-state index in [-0.39, 0.29) is 24.0 Å². The number of hydrogen-bond acceptors (Lipinski definition) is 3. The summed E-state index contributed by atoms with van der Waals surface area (Å²) in [5.74, 6) is -0.809. The van der Waals surface area contributed by atoms with Crippen LogP contribution in [-0.4, -0.2) is 34.2 Å². The Bertz CT molecular complexity index is 380. The number of carbonyl (C=O) groups is 2. The summed E-state index contributed by atoms with van der Waals surface area (Å²) in [6.07, 6.45) is 1.69. The smallest absolute Gasteiger partial charge is 0.334 e. The minimum absolute atomic E-state index is 0.158. The van der Waals surface area contributed by atoms with Crippen molar-refractivity contribution in [2.45, 2.75) is 39.5 Å². The fraction of sp³-hybridized carbons (Fsp3) is 0.636. The van der Waals surface area contributed by atoms with E-state index < -0.39 is 12.0 Å². The molecule has 2 heterocycles. The molecule has 2 saturated heterocycles. The summed E-state index contributed by atoms with van der Waals surface area (Å²) in [4.78, 5) is 23.7. The molecule has 88 valence electrons. The van der Waals surface area contributed by atoms with Crippen LogP contribution in [-0.2, 0) is 14.3 Å². The number of β-lactam (4-membered cyclic amide) rings is 1. The van der Waals surface area contributed by atoms with Crippen LogP contribution in [0.25, 0.3) is 0 Å². The third kappa shape index (κ3) is 1.66. The highest BCUT2D eigenvalue weighted by Crippen LogP contribution is 2.38. The van der Waals surface area contributed by atoms with Crippen LogP contribution in [0.2, 0.25) is 0 Å². The molecule has 2 rings (SSSR count). The van der Waals surface area contributed by atoms with Gasteiger partial charge in [0.05, 0.1) is 6.42 Å². The van der Waals surface area contributed by atoms with Crippen LogP contribution in [0, 0.1) is 5.41 Å². The van der Waals surface area contributed by atoms with Gasteiger partial charge in [0.15, 0.2) is 12.3 Å². The molecule has 5 nitrogen and oxygen atoms in total. The maximum Gasteiger partial charge on any atom is 0.334 e. The number of carboxylic acid groups (broad SMARTS) is 1. The third-order valence-electron chi connectivity index (χ3n) is 2.58. The van der Waals surface area contributed by atoms with Crippen molar-refractivity contribution in [3.05, 3.63) is 11.8 Å². The van der Waals surface area contributed by atoms with Gasteiger partial charge in [-0.05, 0) is 11.5 Å². The lowest BCUT2D eigenvalue weighted by atomic mass is 9.94. The first-order valence-electron chi connectivity index (χ1n) is 5.23. The average Bonchev–Trinajstić information content (AvgIpc) is 2.35. The van der Waals surface area contributed by atoms with E-state index >= 15 is 0 Å². The lowest BCUT2D eigenvalue weighted by Gasteiger charge is -2.33. The van der Waals surface area contributed by atoms with Crippen molar-refractivity contribution >= 4 is 11.9 Å². The van der Waals surface area contributed by atoms with E-state index in [0.717, 1.165) is 0 Å². The zero-order valence-electron chi connectivity index (χ0n) is 9.56. The highest BCUT2D eigenvalue weighted by molar-refractivity contribution is 5.91. The Hall–Kier alpha value is -1.52. The van der Waals surface area contributed by atoms with Gasteiger partial charge >= 0.3 is 5.97 Å². The molecule has 0 aromatic heterocycles. The molecule has 0 aliphatic carbocycles. The number of allylic oxidation sites excluding steroid dienone is 1. The van der Waals surface area contributed by atoms with E-state index in [1.165, 1.54) is 4.90 Å². The van der Waals surface area contributed by atoms with E-state index in [4.69, 9.17) is 9.84 Å². The quantitative estimate of drug-likeness (QED) is 0.675. The summed E-state index contributed by atoms with van der Waals surface area (Å²) in [5, 5.41) is 9.11. The first-order valence-corrected chi connectivity index (χ1v) is 5.23. The van der Waals surface area contributed by atoms with Crippen LogP contribution >= 0.6 is 0 Å². The van der Waals surface area contributed by atoms with Crippen LogP contribution in [0.5, 0.6) is 0 Å². The molecule has 16 heavy (non-hydrogen) atoms. The van der Waals surface area contributed by atoms with Gasteiger partial charge in [0.1, 0.15) is 5.76 Å². The van der Waals surface area contributed by atoms with E-state index in [1.807, 2.05) is 20.8 Å². The van der Waals surface area contributed by atoms with Crippen LogP contribution in [0.3, 0.4) is 0 Å². The van der Waals surface area contributed by atoms with Crippen molar-refractivity contribution in [2.24, 2.45) is 5.41 Å². The second kappa shape index (κ2) is 3.23. The van der Waals surface area contributed by atoms with Crippen LogP contribution < -0.4 is 0 Å². The van der Waals surface area contributed by atoms with Crippen molar-refractivity contribution in [1.82, 2.24) is 4.90 Å². The molecule has 0 aromatic rings. The molecule has 2 unspecified atom stereocenters. The predicted octanol–water partition coefficient (Wildman–Crippen LogP) is 0.958. The molecule has 0 saturated carbocycles. The molecule has 0 radical (unpaired) electrons. The van der Waals surface area contributed by atoms with E-state index in [1.54, 1.807) is 6.08 Å². The molecule has 2 aliphatic heterocycles. The summed E-state index contributed by atoms with van der Waals surface area (Å²) < 4.78 is 5.47. The molecule has 1 N–H and O–H groups in total. The molecule has 2 atom stereocenters. The summed E-state index contributed by atoms with van der Waals surface area (Å²) in [6.45, 7) is 5.87. The largest absolute Gasteiger partial charge is 0.479 e. The number of carbonyl (C=O) groups excluding carboxylic acids is 1. The number of rotatable bonds is 1. The second-order valence-corrected chi connectivity index (χ2v) is 5.23. The topological polar surface area (TPSA) is 66.8 Å². The lowest BCUT2D eigenvalue weighted by molar-refractivity contribution is -0.163. The summed E-state index contributed by atoms with van der Waals surface area (Å²) >= 11 is 0. The molecule has 0 spiro atoms. The molecule has 5 heteroatoms. The number of fused-ring (bicyclic) bond motifs is 1. The number of ether oxygens (including phenoxy) is 1. The number of nitrogens with zero attached hydrogens (tertiary/aromatic N) is 1. The molecular weight excluding hydrogens is 210 g/mol. The van der Waals surface area contributed by atoms with Gasteiger partial charge in [0, 0.05) is 0 Å². The SMILES string of the molecule is CC(C)(C)/C=C1\OC2CC(=O)N2C1C(=O)O. The van der Waals surface area contributed by atoms with Crippen molar-refractivity contribution < 1.29 is 19.4 Å². The molecule has 1 amide bonds. The summed E-state index contributed by atoms with van der Waals surface area (Å²) in [5.41, 5.74) is -0.170. The van der Waals surface area contributed by atoms with Gasteiger partial charge in [-0.3, -0.25) is 9.69 Å². The monoisotopic (exact) mass is 225 g/mol. The number of carboxylic acids is 1. The highest BCUT2D eigenvalue weighted by Gasteiger charge is 2.53. The molecule has 2 fully saturated rings. The Labute approximate surface area is 93.7 Å². The van der Waals surface area contributed by atoms with Crippen molar-refractivity contribution in [1.29, 1.82) is 0 Å². The van der Waals surface area contributed by atoms with Crippen LogP contribution in [0.4, 0.5) is 0 Å². The molecule has 0 aromatic carbocycles. The number of amides is 1. The Balaban J connectivity index is 2.30. The van der Waals surface area contributed by atoms with E-state index in [2.05, 4.69) is 0 Å². The summed E-state index contributed by atoms with van der Waals surface area (Å²) in [6, 6.07) is -0.939. The first-order chi connectivity index (χ1) is 7.29. The maximum atomic E-state index is 11.3. The van der Waals surface area contributed by atoms with Crippen molar-refractivity contribution in [3.63, 3.8) is 0 Å². The fourth-order valence-electron chi connectivity index (χ4n) is 1.95. The molecule has 0 bridgehead atoms. The van der Waals surface area contributed by atoms with Gasteiger partial charge in [0.2, 0.25) is 5.91 Å². The van der Waals surface area contributed by atoms with Crippen molar-refractivity contribution in [3.8, 4) is 0 Å². The number of hydrogen-bond donors (Lipinski definition) is 1. The van der Waals surface area contributed by atoms with Gasteiger partial charge in [0.25, 0.3) is 0 Å². The Morgan fingerprint density at radius 2 is 2.19 bits per heavy atom. The maximum absolute atomic E-state index is 11.3. The Kier molecular flexibility index (Phi) is 2.22. The van der Waals surface area contributed by atoms with Crippen molar-refractivity contribution in [2.75, 3.05) is 0 Å². The molecule has 2 aliphatic rings. The average molecular weight is 225 g/mol. The zero-order chi connectivity index (χ0) is 12.1. The minimum atomic E-state index is -1.04. The summed E-state index contributed by atoms with van der Waals surface area (Å²) in [7, 11) is 0.